The predicted molar refractivity (Wildman–Crippen MR) is 159 cm³/mol. The number of amides is 3. The van der Waals surface area contributed by atoms with Gasteiger partial charge in [-0.25, -0.2) is 9.78 Å². The normalized spacial score (nSPS) is 19.9. The highest BCUT2D eigenvalue weighted by atomic mass is 16.2. The highest BCUT2D eigenvalue weighted by molar-refractivity contribution is 5.97. The van der Waals surface area contributed by atoms with Crippen molar-refractivity contribution in [2.75, 3.05) is 26.2 Å². The first-order valence-corrected chi connectivity index (χ1v) is 14.7. The average molecular weight is 545 g/mol. The Kier molecular flexibility index (Phi) is 7.91. The molecule has 1 unspecified atom stereocenters. The summed E-state index contributed by atoms with van der Waals surface area (Å²) in [6.07, 6.45) is 6.47. The summed E-state index contributed by atoms with van der Waals surface area (Å²) in [6, 6.07) is 13.3. The SMILES string of the molecule is Cc1cc2nccn2c(C)c1C(=O)NCCC(C)N1CCC(N2C(=O)N(C(C)(C)C)C[C@H]2c2ccccc2)CC1. The molecule has 0 saturated carbocycles. The first-order valence-electron chi connectivity index (χ1n) is 14.7. The Morgan fingerprint density at radius 1 is 1.12 bits per heavy atom. The maximum Gasteiger partial charge on any atom is 0.321 e. The van der Waals surface area contributed by atoms with E-state index < -0.39 is 0 Å². The number of fused-ring (bicyclic) bond motifs is 1. The van der Waals surface area contributed by atoms with Gasteiger partial charge >= 0.3 is 6.03 Å². The molecule has 0 bridgehead atoms. The van der Waals surface area contributed by atoms with E-state index in [1.54, 1.807) is 6.20 Å². The molecule has 1 N–H and O–H groups in total. The summed E-state index contributed by atoms with van der Waals surface area (Å²) in [6.45, 7) is 15.8. The fourth-order valence-electron chi connectivity index (χ4n) is 6.52. The van der Waals surface area contributed by atoms with E-state index >= 15 is 0 Å². The van der Waals surface area contributed by atoms with Gasteiger partial charge in [-0.1, -0.05) is 30.3 Å². The summed E-state index contributed by atoms with van der Waals surface area (Å²) >= 11 is 0. The molecule has 5 rings (SSSR count). The summed E-state index contributed by atoms with van der Waals surface area (Å²) < 4.78 is 1.96. The summed E-state index contributed by atoms with van der Waals surface area (Å²) in [4.78, 5) is 37.8. The zero-order valence-corrected chi connectivity index (χ0v) is 24.9. The standard InChI is InChI=1S/C32H44N6O2/c1-22-20-28-33-16-19-36(28)24(3)29(22)30(39)34-15-12-23(2)35-17-13-26(14-18-35)38-27(25-10-8-7-9-11-25)21-37(31(38)40)32(4,5)6/h7-11,16,19-20,23,26-27H,12-15,17-18,21H2,1-6H3,(H,34,39)/t23?,27-/m0/s1. The molecule has 2 aromatic heterocycles. The van der Waals surface area contributed by atoms with E-state index in [2.05, 4.69) is 72.1 Å². The molecule has 8 heteroatoms. The van der Waals surface area contributed by atoms with Crippen LogP contribution in [-0.2, 0) is 0 Å². The van der Waals surface area contributed by atoms with Gasteiger partial charge in [0.2, 0.25) is 0 Å². The summed E-state index contributed by atoms with van der Waals surface area (Å²) in [5.41, 5.74) is 4.45. The van der Waals surface area contributed by atoms with Crippen LogP contribution in [0.5, 0.6) is 0 Å². The number of benzene rings is 1. The molecule has 40 heavy (non-hydrogen) atoms. The van der Waals surface area contributed by atoms with Gasteiger partial charge in [0.1, 0.15) is 5.65 Å². The van der Waals surface area contributed by atoms with Gasteiger partial charge in [0.05, 0.1) is 11.6 Å². The fourth-order valence-corrected chi connectivity index (χ4v) is 6.52. The lowest BCUT2D eigenvalue weighted by molar-refractivity contribution is 0.0872. The van der Waals surface area contributed by atoms with Crippen LogP contribution in [0.4, 0.5) is 4.79 Å². The number of piperidine rings is 1. The monoisotopic (exact) mass is 544 g/mol. The van der Waals surface area contributed by atoms with E-state index in [1.165, 1.54) is 5.56 Å². The van der Waals surface area contributed by atoms with E-state index in [1.807, 2.05) is 41.5 Å². The van der Waals surface area contributed by atoms with Crippen LogP contribution in [0.3, 0.4) is 0 Å². The number of nitrogens with zero attached hydrogens (tertiary/aromatic N) is 5. The van der Waals surface area contributed by atoms with Crippen molar-refractivity contribution in [2.45, 2.75) is 84.5 Å². The highest BCUT2D eigenvalue weighted by Gasteiger charge is 2.46. The topological polar surface area (TPSA) is 73.2 Å². The smallest absolute Gasteiger partial charge is 0.321 e. The number of nitrogens with one attached hydrogen (secondary N) is 1. The lowest BCUT2D eigenvalue weighted by Gasteiger charge is -2.41. The summed E-state index contributed by atoms with van der Waals surface area (Å²) in [7, 11) is 0. The van der Waals surface area contributed by atoms with Crippen molar-refractivity contribution < 1.29 is 9.59 Å². The average Bonchev–Trinajstić information content (AvgIpc) is 3.53. The van der Waals surface area contributed by atoms with Crippen LogP contribution >= 0.6 is 0 Å². The van der Waals surface area contributed by atoms with E-state index in [0.29, 0.717) is 12.6 Å². The Morgan fingerprint density at radius 2 is 1.82 bits per heavy atom. The Morgan fingerprint density at radius 3 is 2.50 bits per heavy atom. The summed E-state index contributed by atoms with van der Waals surface area (Å²) in [5, 5.41) is 3.15. The van der Waals surface area contributed by atoms with Gasteiger partial charge in [0.25, 0.3) is 5.91 Å². The maximum absolute atomic E-state index is 13.7. The molecule has 0 aliphatic carbocycles. The van der Waals surface area contributed by atoms with Crippen LogP contribution in [0.1, 0.15) is 80.2 Å². The molecule has 2 atom stereocenters. The lowest BCUT2D eigenvalue weighted by atomic mass is 9.97. The zero-order chi connectivity index (χ0) is 28.6. The number of carbonyl (C=O) groups is 2. The Labute approximate surface area is 238 Å². The molecule has 0 radical (unpaired) electrons. The molecular weight excluding hydrogens is 500 g/mol. The third-order valence-corrected chi connectivity index (χ3v) is 8.86. The van der Waals surface area contributed by atoms with Crippen LogP contribution in [-0.4, -0.2) is 79.8 Å². The van der Waals surface area contributed by atoms with Gasteiger partial charge in [-0.15, -0.1) is 0 Å². The largest absolute Gasteiger partial charge is 0.352 e. The molecule has 8 nitrogen and oxygen atoms in total. The first kappa shape index (κ1) is 28.1. The van der Waals surface area contributed by atoms with Crippen molar-refractivity contribution in [3.8, 4) is 0 Å². The molecule has 2 fully saturated rings. The number of aromatic nitrogens is 2. The minimum Gasteiger partial charge on any atom is -0.352 e. The van der Waals surface area contributed by atoms with Crippen molar-refractivity contribution in [2.24, 2.45) is 0 Å². The minimum atomic E-state index is -0.208. The van der Waals surface area contributed by atoms with Gasteiger partial charge in [-0.2, -0.15) is 0 Å². The number of pyridine rings is 1. The van der Waals surface area contributed by atoms with E-state index in [0.717, 1.165) is 61.4 Å². The maximum atomic E-state index is 13.7. The Bertz CT molecular complexity index is 1350. The lowest BCUT2D eigenvalue weighted by Crippen LogP contribution is -2.51. The first-order chi connectivity index (χ1) is 19.1. The van der Waals surface area contributed by atoms with Crippen molar-refractivity contribution in [1.82, 2.24) is 29.4 Å². The Hall–Kier alpha value is -3.39. The third-order valence-electron chi connectivity index (χ3n) is 8.86. The summed E-state index contributed by atoms with van der Waals surface area (Å²) in [5.74, 6) is -0.0283. The third kappa shape index (κ3) is 5.46. The van der Waals surface area contributed by atoms with Gasteiger partial charge < -0.3 is 24.4 Å². The molecular formula is C32H44N6O2. The number of hydrogen-bond acceptors (Lipinski definition) is 4. The number of imidazole rings is 1. The number of aryl methyl sites for hydroxylation is 2. The number of urea groups is 1. The number of carbonyl (C=O) groups excluding carboxylic acids is 2. The Balaban J connectivity index is 1.17. The van der Waals surface area contributed by atoms with Crippen molar-refractivity contribution in [3.05, 3.63) is 71.2 Å². The number of likely N-dealkylation sites (tertiary alicyclic amines) is 1. The van der Waals surface area contributed by atoms with Gasteiger partial charge in [0, 0.05) is 61.9 Å². The second-order valence-electron chi connectivity index (χ2n) is 12.5. The van der Waals surface area contributed by atoms with Gasteiger partial charge in [-0.05, 0) is 78.0 Å². The molecule has 2 aliphatic rings. The fraction of sp³-hybridized carbons (Fsp3) is 0.531. The second kappa shape index (κ2) is 11.2. The van der Waals surface area contributed by atoms with Gasteiger partial charge in [0.15, 0.2) is 0 Å². The van der Waals surface area contributed by atoms with Crippen molar-refractivity contribution in [1.29, 1.82) is 0 Å². The van der Waals surface area contributed by atoms with Crippen LogP contribution in [0.2, 0.25) is 0 Å². The predicted octanol–water partition coefficient (Wildman–Crippen LogP) is 5.20. The van der Waals surface area contributed by atoms with Gasteiger partial charge in [-0.3, -0.25) is 4.79 Å². The zero-order valence-electron chi connectivity index (χ0n) is 24.9. The van der Waals surface area contributed by atoms with Crippen LogP contribution in [0.15, 0.2) is 48.8 Å². The van der Waals surface area contributed by atoms with E-state index in [9.17, 15) is 9.59 Å². The number of rotatable bonds is 7. The van der Waals surface area contributed by atoms with Crippen molar-refractivity contribution >= 4 is 17.6 Å². The van der Waals surface area contributed by atoms with Crippen molar-refractivity contribution in [3.63, 3.8) is 0 Å². The molecule has 4 heterocycles. The van der Waals surface area contributed by atoms with Crippen LogP contribution in [0, 0.1) is 13.8 Å². The highest BCUT2D eigenvalue weighted by Crippen LogP contribution is 2.37. The molecule has 2 aliphatic heterocycles. The second-order valence-corrected chi connectivity index (χ2v) is 12.5. The molecule has 3 amide bonds. The minimum absolute atomic E-state index is 0.0283. The van der Waals surface area contributed by atoms with Crippen LogP contribution < -0.4 is 5.32 Å². The van der Waals surface area contributed by atoms with E-state index in [-0.39, 0.29) is 29.6 Å². The van der Waals surface area contributed by atoms with Crippen LogP contribution in [0.25, 0.3) is 5.65 Å². The molecule has 3 aromatic rings. The molecule has 1 aromatic carbocycles. The number of hydrogen-bond donors (Lipinski definition) is 1. The quantitative estimate of drug-likeness (QED) is 0.444. The molecule has 214 valence electrons. The van der Waals surface area contributed by atoms with E-state index in [4.69, 9.17) is 0 Å². The molecule has 2 saturated heterocycles. The molecule has 0 spiro atoms.